The molecular formula is C13H25N. The van der Waals surface area contributed by atoms with E-state index in [1.165, 1.54) is 19.3 Å². The zero-order valence-corrected chi connectivity index (χ0v) is 9.54. The minimum atomic E-state index is 0.317. The summed E-state index contributed by atoms with van der Waals surface area (Å²) >= 11 is 0. The van der Waals surface area contributed by atoms with Crippen LogP contribution in [0.3, 0.4) is 0 Å². The summed E-state index contributed by atoms with van der Waals surface area (Å²) in [5, 5.41) is 0. The van der Waals surface area contributed by atoms with Crippen LogP contribution in [0.25, 0.3) is 0 Å². The Morgan fingerprint density at radius 1 is 1.14 bits per heavy atom. The fourth-order valence-corrected chi connectivity index (χ4v) is 1.74. The van der Waals surface area contributed by atoms with Crippen LogP contribution in [0.15, 0.2) is 25.3 Å². The lowest BCUT2D eigenvalue weighted by atomic mass is 9.90. The van der Waals surface area contributed by atoms with E-state index in [9.17, 15) is 0 Å². The van der Waals surface area contributed by atoms with Crippen molar-refractivity contribution in [1.82, 2.24) is 0 Å². The fraction of sp³-hybridized carbons (Fsp3) is 0.692. The van der Waals surface area contributed by atoms with Crippen molar-refractivity contribution in [3.05, 3.63) is 25.3 Å². The van der Waals surface area contributed by atoms with Crippen molar-refractivity contribution in [1.29, 1.82) is 0 Å². The predicted molar refractivity (Wildman–Crippen MR) is 65.2 cm³/mol. The van der Waals surface area contributed by atoms with Gasteiger partial charge < -0.3 is 5.73 Å². The second-order valence-electron chi connectivity index (χ2n) is 3.97. The van der Waals surface area contributed by atoms with E-state index in [0.717, 1.165) is 19.3 Å². The van der Waals surface area contributed by atoms with Gasteiger partial charge in [0, 0.05) is 6.04 Å². The van der Waals surface area contributed by atoms with Gasteiger partial charge in [-0.3, -0.25) is 0 Å². The Labute approximate surface area is 89.1 Å². The van der Waals surface area contributed by atoms with Gasteiger partial charge in [-0.25, -0.2) is 0 Å². The molecular weight excluding hydrogens is 170 g/mol. The highest BCUT2D eigenvalue weighted by Gasteiger charge is 2.14. The van der Waals surface area contributed by atoms with Gasteiger partial charge in [0.25, 0.3) is 0 Å². The third-order valence-corrected chi connectivity index (χ3v) is 2.69. The molecule has 1 nitrogen and oxygen atoms in total. The summed E-state index contributed by atoms with van der Waals surface area (Å²) in [6.07, 6.45) is 10.9. The van der Waals surface area contributed by atoms with Crippen molar-refractivity contribution in [3.63, 3.8) is 0 Å². The first kappa shape index (κ1) is 13.4. The van der Waals surface area contributed by atoms with Crippen LogP contribution in [0.4, 0.5) is 0 Å². The van der Waals surface area contributed by atoms with Crippen LogP contribution in [0, 0.1) is 5.92 Å². The Hall–Kier alpha value is -0.560. The third kappa shape index (κ3) is 5.98. The maximum absolute atomic E-state index is 6.14. The average Bonchev–Trinajstić information content (AvgIpc) is 2.18. The second-order valence-corrected chi connectivity index (χ2v) is 3.97. The molecule has 0 radical (unpaired) electrons. The van der Waals surface area contributed by atoms with Crippen LogP contribution in [0.5, 0.6) is 0 Å². The Kier molecular flexibility index (Phi) is 8.65. The van der Waals surface area contributed by atoms with Crippen molar-refractivity contribution in [2.75, 3.05) is 0 Å². The first-order valence-corrected chi connectivity index (χ1v) is 5.73. The summed E-state index contributed by atoms with van der Waals surface area (Å²) < 4.78 is 0. The Morgan fingerprint density at radius 2 is 1.71 bits per heavy atom. The quantitative estimate of drug-likeness (QED) is 0.441. The largest absolute Gasteiger partial charge is 0.327 e. The number of nitrogens with two attached hydrogens (primary N) is 1. The van der Waals surface area contributed by atoms with E-state index in [1.807, 2.05) is 12.2 Å². The molecule has 0 aliphatic carbocycles. The fourth-order valence-electron chi connectivity index (χ4n) is 1.74. The van der Waals surface area contributed by atoms with Gasteiger partial charge in [-0.05, 0) is 25.2 Å². The molecule has 0 saturated heterocycles. The lowest BCUT2D eigenvalue weighted by Gasteiger charge is -2.21. The summed E-state index contributed by atoms with van der Waals surface area (Å²) in [6, 6.07) is 0.317. The number of hydrogen-bond acceptors (Lipinski definition) is 1. The highest BCUT2D eigenvalue weighted by molar-refractivity contribution is 4.85. The number of allylic oxidation sites excluding steroid dienone is 2. The lowest BCUT2D eigenvalue weighted by molar-refractivity contribution is 0.394. The van der Waals surface area contributed by atoms with E-state index in [-0.39, 0.29) is 0 Å². The Morgan fingerprint density at radius 3 is 2.14 bits per heavy atom. The maximum atomic E-state index is 6.14. The average molecular weight is 195 g/mol. The summed E-state index contributed by atoms with van der Waals surface area (Å²) in [6.45, 7) is 9.76. The van der Waals surface area contributed by atoms with E-state index in [2.05, 4.69) is 20.1 Å². The predicted octanol–water partition coefficient (Wildman–Crippen LogP) is 3.66. The molecule has 0 heterocycles. The van der Waals surface area contributed by atoms with E-state index < -0.39 is 0 Å². The van der Waals surface area contributed by atoms with E-state index >= 15 is 0 Å². The molecule has 0 aromatic rings. The SMILES string of the molecule is C=CCC(CC=C)C(N)CCCCC. The molecule has 0 aliphatic heterocycles. The van der Waals surface area contributed by atoms with Crippen LogP contribution < -0.4 is 5.73 Å². The summed E-state index contributed by atoms with van der Waals surface area (Å²) in [5.41, 5.74) is 6.14. The zero-order valence-electron chi connectivity index (χ0n) is 9.54. The molecule has 0 fully saturated rings. The topological polar surface area (TPSA) is 26.0 Å². The molecule has 1 heteroatoms. The van der Waals surface area contributed by atoms with Gasteiger partial charge in [0.15, 0.2) is 0 Å². The molecule has 82 valence electrons. The smallest absolute Gasteiger partial charge is 0.00730 e. The van der Waals surface area contributed by atoms with Crippen LogP contribution in [0.2, 0.25) is 0 Å². The Balaban J connectivity index is 3.80. The van der Waals surface area contributed by atoms with Crippen LogP contribution in [-0.2, 0) is 0 Å². The first-order valence-electron chi connectivity index (χ1n) is 5.73. The summed E-state index contributed by atoms with van der Waals surface area (Å²) in [7, 11) is 0. The monoisotopic (exact) mass is 195 g/mol. The maximum Gasteiger partial charge on any atom is 0.00730 e. The zero-order chi connectivity index (χ0) is 10.8. The summed E-state index contributed by atoms with van der Waals surface area (Å²) in [4.78, 5) is 0. The molecule has 0 rings (SSSR count). The molecule has 0 bridgehead atoms. The molecule has 14 heavy (non-hydrogen) atoms. The van der Waals surface area contributed by atoms with Crippen molar-refractivity contribution in [2.24, 2.45) is 11.7 Å². The highest BCUT2D eigenvalue weighted by Crippen LogP contribution is 2.17. The normalized spacial score (nSPS) is 12.8. The van der Waals surface area contributed by atoms with Crippen LogP contribution in [0.1, 0.15) is 45.4 Å². The molecule has 0 amide bonds. The van der Waals surface area contributed by atoms with Gasteiger partial charge in [0.1, 0.15) is 0 Å². The molecule has 0 aromatic carbocycles. The molecule has 2 N–H and O–H groups in total. The van der Waals surface area contributed by atoms with Gasteiger partial charge in [-0.2, -0.15) is 0 Å². The van der Waals surface area contributed by atoms with Gasteiger partial charge in [-0.15, -0.1) is 13.2 Å². The molecule has 0 spiro atoms. The minimum Gasteiger partial charge on any atom is -0.327 e. The number of rotatable bonds is 9. The van der Waals surface area contributed by atoms with E-state index in [1.54, 1.807) is 0 Å². The van der Waals surface area contributed by atoms with Crippen molar-refractivity contribution in [3.8, 4) is 0 Å². The van der Waals surface area contributed by atoms with Crippen molar-refractivity contribution < 1.29 is 0 Å². The third-order valence-electron chi connectivity index (χ3n) is 2.69. The molecule has 0 aliphatic rings. The van der Waals surface area contributed by atoms with Crippen LogP contribution >= 0.6 is 0 Å². The molecule has 0 aromatic heterocycles. The van der Waals surface area contributed by atoms with E-state index in [0.29, 0.717) is 12.0 Å². The lowest BCUT2D eigenvalue weighted by Crippen LogP contribution is -2.29. The van der Waals surface area contributed by atoms with Crippen molar-refractivity contribution >= 4 is 0 Å². The highest BCUT2D eigenvalue weighted by atomic mass is 14.6. The molecule has 1 unspecified atom stereocenters. The van der Waals surface area contributed by atoms with Crippen molar-refractivity contribution in [2.45, 2.75) is 51.5 Å². The molecule has 0 saturated carbocycles. The van der Waals surface area contributed by atoms with Gasteiger partial charge in [-0.1, -0.05) is 38.3 Å². The van der Waals surface area contributed by atoms with Crippen LogP contribution in [-0.4, -0.2) is 6.04 Å². The van der Waals surface area contributed by atoms with Gasteiger partial charge in [0.05, 0.1) is 0 Å². The number of unbranched alkanes of at least 4 members (excludes halogenated alkanes) is 2. The van der Waals surface area contributed by atoms with Gasteiger partial charge in [0.2, 0.25) is 0 Å². The Bertz CT molecular complexity index is 141. The molecule has 1 atom stereocenters. The van der Waals surface area contributed by atoms with E-state index in [4.69, 9.17) is 5.73 Å². The second kappa shape index (κ2) is 9.01. The number of hydrogen-bond donors (Lipinski definition) is 1. The minimum absolute atomic E-state index is 0.317. The first-order chi connectivity index (χ1) is 6.76. The van der Waals surface area contributed by atoms with Gasteiger partial charge >= 0.3 is 0 Å². The standard InChI is InChI=1S/C13H25N/c1-4-7-8-11-13(14)12(9-5-2)10-6-3/h5-6,12-13H,2-4,7-11,14H2,1H3. The summed E-state index contributed by atoms with van der Waals surface area (Å²) in [5.74, 6) is 0.543.